The molecule has 0 amide bonds. The molecule has 112 valence electrons. The highest BCUT2D eigenvalue weighted by molar-refractivity contribution is 9.10. The molecule has 0 spiro atoms. The van der Waals surface area contributed by atoms with Crippen molar-refractivity contribution in [1.29, 1.82) is 0 Å². The second-order valence-corrected chi connectivity index (χ2v) is 6.95. The summed E-state index contributed by atoms with van der Waals surface area (Å²) in [5.74, 6) is -0.286. The zero-order chi connectivity index (χ0) is 15.0. The van der Waals surface area contributed by atoms with Crippen LogP contribution in [-0.2, 0) is 9.53 Å². The van der Waals surface area contributed by atoms with E-state index in [0.717, 1.165) is 22.9 Å². The third-order valence-electron chi connectivity index (χ3n) is 4.77. The van der Waals surface area contributed by atoms with E-state index in [1.165, 1.54) is 12.8 Å². The van der Waals surface area contributed by atoms with E-state index in [9.17, 15) is 4.79 Å². The highest BCUT2D eigenvalue weighted by atomic mass is 79.9. The standard InChI is InChI=1S/C17H20BrNO2/c1-11(12-3-5-13(18)6-4-12)17(20)21-16-9-14-7-8-15(10-16)19(14)2/h3-6,14-16H,1,7-10H2,2H3. The average molecular weight is 350 g/mol. The molecule has 0 saturated carbocycles. The third-order valence-corrected chi connectivity index (χ3v) is 5.30. The number of carbonyl (C=O) groups is 1. The van der Waals surface area contributed by atoms with E-state index in [-0.39, 0.29) is 12.1 Å². The lowest BCUT2D eigenvalue weighted by molar-refractivity contribution is -0.145. The van der Waals surface area contributed by atoms with E-state index >= 15 is 0 Å². The Hall–Kier alpha value is -1.13. The molecule has 4 heteroatoms. The Morgan fingerprint density at radius 3 is 2.38 bits per heavy atom. The first kappa shape index (κ1) is 14.8. The van der Waals surface area contributed by atoms with Gasteiger partial charge in [0.25, 0.3) is 0 Å². The van der Waals surface area contributed by atoms with Crippen LogP contribution in [-0.4, -0.2) is 36.1 Å². The van der Waals surface area contributed by atoms with Gasteiger partial charge in [0, 0.05) is 29.4 Å². The summed E-state index contributed by atoms with van der Waals surface area (Å²) in [6, 6.07) is 8.72. The van der Waals surface area contributed by atoms with Gasteiger partial charge in [-0.3, -0.25) is 0 Å². The summed E-state index contributed by atoms with van der Waals surface area (Å²) in [5, 5.41) is 0. The van der Waals surface area contributed by atoms with Crippen molar-refractivity contribution in [1.82, 2.24) is 4.90 Å². The number of hydrogen-bond donors (Lipinski definition) is 0. The predicted molar refractivity (Wildman–Crippen MR) is 86.9 cm³/mol. The molecular weight excluding hydrogens is 330 g/mol. The van der Waals surface area contributed by atoms with Crippen molar-refractivity contribution in [3.05, 3.63) is 40.9 Å². The van der Waals surface area contributed by atoms with Crippen LogP contribution in [0.3, 0.4) is 0 Å². The van der Waals surface area contributed by atoms with E-state index in [1.807, 2.05) is 24.3 Å². The van der Waals surface area contributed by atoms with Gasteiger partial charge in [-0.25, -0.2) is 4.79 Å². The summed E-state index contributed by atoms with van der Waals surface area (Å²) >= 11 is 3.39. The molecule has 1 aromatic carbocycles. The van der Waals surface area contributed by atoms with Crippen LogP contribution in [0.1, 0.15) is 31.2 Å². The molecular formula is C17H20BrNO2. The maximum absolute atomic E-state index is 12.3. The molecule has 2 aliphatic heterocycles. The zero-order valence-electron chi connectivity index (χ0n) is 12.2. The molecule has 0 aromatic heterocycles. The van der Waals surface area contributed by atoms with Gasteiger partial charge in [-0.1, -0.05) is 34.6 Å². The number of piperidine rings is 1. The fourth-order valence-corrected chi connectivity index (χ4v) is 3.71. The molecule has 3 rings (SSSR count). The molecule has 2 unspecified atom stereocenters. The fraction of sp³-hybridized carbons (Fsp3) is 0.471. The minimum Gasteiger partial charge on any atom is -0.459 e. The summed E-state index contributed by atoms with van der Waals surface area (Å²) in [7, 11) is 2.18. The summed E-state index contributed by atoms with van der Waals surface area (Å²) in [6.07, 6.45) is 4.39. The molecule has 2 heterocycles. The Morgan fingerprint density at radius 2 is 1.81 bits per heavy atom. The molecule has 0 N–H and O–H groups in total. The Labute approximate surface area is 134 Å². The minimum absolute atomic E-state index is 0.0402. The molecule has 21 heavy (non-hydrogen) atoms. The van der Waals surface area contributed by atoms with Gasteiger partial charge in [-0.05, 0) is 37.6 Å². The number of benzene rings is 1. The maximum Gasteiger partial charge on any atom is 0.338 e. The van der Waals surface area contributed by atoms with E-state index in [1.54, 1.807) is 0 Å². The zero-order valence-corrected chi connectivity index (χ0v) is 13.8. The van der Waals surface area contributed by atoms with Crippen LogP contribution in [0, 0.1) is 0 Å². The van der Waals surface area contributed by atoms with E-state index in [4.69, 9.17) is 4.74 Å². The molecule has 3 nitrogen and oxygen atoms in total. The van der Waals surface area contributed by atoms with Gasteiger partial charge < -0.3 is 9.64 Å². The molecule has 0 radical (unpaired) electrons. The maximum atomic E-state index is 12.3. The molecule has 2 saturated heterocycles. The van der Waals surface area contributed by atoms with Gasteiger partial charge in [-0.2, -0.15) is 0 Å². The fourth-order valence-electron chi connectivity index (χ4n) is 3.45. The van der Waals surface area contributed by atoms with Crippen LogP contribution < -0.4 is 0 Å². The quantitative estimate of drug-likeness (QED) is 0.616. The van der Waals surface area contributed by atoms with Crippen LogP contribution in [0.2, 0.25) is 0 Å². The Morgan fingerprint density at radius 1 is 1.24 bits per heavy atom. The lowest BCUT2D eigenvalue weighted by Crippen LogP contribution is -2.43. The SMILES string of the molecule is C=C(C(=O)OC1CC2CCC(C1)N2C)c1ccc(Br)cc1. The highest BCUT2D eigenvalue weighted by Gasteiger charge is 2.39. The number of carbonyl (C=O) groups excluding carboxylic acids is 1. The number of ether oxygens (including phenoxy) is 1. The second-order valence-electron chi connectivity index (χ2n) is 6.03. The predicted octanol–water partition coefficient (Wildman–Crippen LogP) is 3.63. The van der Waals surface area contributed by atoms with E-state index in [0.29, 0.717) is 17.7 Å². The lowest BCUT2D eigenvalue weighted by Gasteiger charge is -2.35. The normalized spacial score (nSPS) is 28.4. The van der Waals surface area contributed by atoms with Crippen LogP contribution in [0.15, 0.2) is 35.3 Å². The number of nitrogens with zero attached hydrogens (tertiary/aromatic N) is 1. The Balaban J connectivity index is 1.61. The van der Waals surface area contributed by atoms with Gasteiger partial charge in [0.1, 0.15) is 6.10 Å². The molecule has 2 aliphatic rings. The highest BCUT2D eigenvalue weighted by Crippen LogP contribution is 2.35. The Kier molecular flexibility index (Phi) is 4.18. The van der Waals surface area contributed by atoms with Crippen LogP contribution >= 0.6 is 15.9 Å². The number of halogens is 1. The van der Waals surface area contributed by atoms with Gasteiger partial charge in [0.15, 0.2) is 0 Å². The van der Waals surface area contributed by atoms with Crippen molar-refractivity contribution in [2.75, 3.05) is 7.05 Å². The van der Waals surface area contributed by atoms with Gasteiger partial charge in [-0.15, -0.1) is 0 Å². The molecule has 0 aliphatic carbocycles. The van der Waals surface area contributed by atoms with Crippen molar-refractivity contribution in [2.24, 2.45) is 0 Å². The summed E-state index contributed by atoms with van der Waals surface area (Å²) in [4.78, 5) is 14.7. The van der Waals surface area contributed by atoms with Crippen molar-refractivity contribution < 1.29 is 9.53 Å². The van der Waals surface area contributed by atoms with Gasteiger partial charge in [0.05, 0.1) is 5.57 Å². The molecule has 2 fully saturated rings. The summed E-state index contributed by atoms with van der Waals surface area (Å²) < 4.78 is 6.68. The lowest BCUT2D eigenvalue weighted by atomic mass is 10.0. The Bertz CT molecular complexity index is 540. The summed E-state index contributed by atoms with van der Waals surface area (Å²) in [5.41, 5.74) is 1.26. The smallest absolute Gasteiger partial charge is 0.338 e. The molecule has 2 atom stereocenters. The third kappa shape index (κ3) is 3.06. The number of esters is 1. The molecule has 1 aromatic rings. The van der Waals surface area contributed by atoms with Crippen LogP contribution in [0.4, 0.5) is 0 Å². The largest absolute Gasteiger partial charge is 0.459 e. The van der Waals surface area contributed by atoms with Crippen molar-refractivity contribution in [2.45, 2.75) is 43.9 Å². The van der Waals surface area contributed by atoms with Crippen LogP contribution in [0.5, 0.6) is 0 Å². The van der Waals surface area contributed by atoms with E-state index < -0.39 is 0 Å². The molecule has 2 bridgehead atoms. The monoisotopic (exact) mass is 349 g/mol. The number of rotatable bonds is 3. The number of hydrogen-bond acceptors (Lipinski definition) is 3. The summed E-state index contributed by atoms with van der Waals surface area (Å²) in [6.45, 7) is 3.89. The number of fused-ring (bicyclic) bond motifs is 2. The average Bonchev–Trinajstić information content (AvgIpc) is 2.69. The first-order valence-corrected chi connectivity index (χ1v) is 8.21. The topological polar surface area (TPSA) is 29.5 Å². The van der Waals surface area contributed by atoms with Crippen LogP contribution in [0.25, 0.3) is 5.57 Å². The first-order valence-electron chi connectivity index (χ1n) is 7.42. The van der Waals surface area contributed by atoms with Crippen molar-refractivity contribution in [3.63, 3.8) is 0 Å². The first-order chi connectivity index (χ1) is 10.0. The van der Waals surface area contributed by atoms with Crippen molar-refractivity contribution >= 4 is 27.5 Å². The van der Waals surface area contributed by atoms with E-state index in [2.05, 4.69) is 34.5 Å². The van der Waals surface area contributed by atoms with Gasteiger partial charge in [0.2, 0.25) is 0 Å². The van der Waals surface area contributed by atoms with Gasteiger partial charge >= 0.3 is 5.97 Å². The second kappa shape index (κ2) is 5.93. The van der Waals surface area contributed by atoms with Crippen molar-refractivity contribution in [3.8, 4) is 0 Å². The minimum atomic E-state index is -0.286.